The van der Waals surface area contributed by atoms with Crippen molar-refractivity contribution in [1.82, 2.24) is 4.90 Å². The van der Waals surface area contributed by atoms with Crippen LogP contribution in [0.4, 0.5) is 15.8 Å². The first-order valence-corrected chi connectivity index (χ1v) is 10.9. The number of hydrogen-bond donors (Lipinski definition) is 1. The highest BCUT2D eigenvalue weighted by molar-refractivity contribution is 6.34. The second-order valence-electron chi connectivity index (χ2n) is 7.66. The van der Waals surface area contributed by atoms with Crippen LogP contribution in [0.5, 0.6) is 0 Å². The Morgan fingerprint density at radius 3 is 2.45 bits per heavy atom. The van der Waals surface area contributed by atoms with Crippen LogP contribution < -0.4 is 10.2 Å². The first-order valence-electron chi connectivity index (χ1n) is 10.5. The first kappa shape index (κ1) is 22.6. The predicted octanol–water partition coefficient (Wildman–Crippen LogP) is 5.06. The Kier molecular flexibility index (Phi) is 6.79. The Labute approximate surface area is 196 Å². The average molecular weight is 468 g/mol. The van der Waals surface area contributed by atoms with Crippen molar-refractivity contribution in [3.05, 3.63) is 77.3 Å². The summed E-state index contributed by atoms with van der Waals surface area (Å²) in [5, 5.41) is 3.41. The Morgan fingerprint density at radius 2 is 1.76 bits per heavy atom. The quantitative estimate of drug-likeness (QED) is 0.533. The normalized spacial score (nSPS) is 14.0. The lowest BCUT2D eigenvalue weighted by Crippen LogP contribution is -2.48. The molecule has 0 spiro atoms. The Bertz CT molecular complexity index is 1180. The van der Waals surface area contributed by atoms with Crippen LogP contribution in [0.2, 0.25) is 5.02 Å². The van der Waals surface area contributed by atoms with Gasteiger partial charge in [-0.25, -0.2) is 4.39 Å². The predicted molar refractivity (Wildman–Crippen MR) is 128 cm³/mol. The van der Waals surface area contributed by atoms with E-state index in [2.05, 4.69) is 10.2 Å². The fraction of sp³-hybridized carbons (Fsp3) is 0.200. The molecule has 2 amide bonds. The van der Waals surface area contributed by atoms with Gasteiger partial charge in [0.1, 0.15) is 17.3 Å². The van der Waals surface area contributed by atoms with Gasteiger partial charge in [0, 0.05) is 44.7 Å². The van der Waals surface area contributed by atoms with Gasteiger partial charge in [0.15, 0.2) is 0 Å². The zero-order valence-corrected chi connectivity index (χ0v) is 18.8. The van der Waals surface area contributed by atoms with Gasteiger partial charge in [-0.3, -0.25) is 9.59 Å². The molecule has 2 aromatic carbocycles. The van der Waals surface area contributed by atoms with Gasteiger partial charge in [-0.05, 0) is 54.6 Å². The van der Waals surface area contributed by atoms with Gasteiger partial charge in [0.25, 0.3) is 0 Å². The van der Waals surface area contributed by atoms with Crippen molar-refractivity contribution >= 4 is 40.9 Å². The molecule has 0 bridgehead atoms. The van der Waals surface area contributed by atoms with E-state index in [0.29, 0.717) is 48.4 Å². The number of piperazine rings is 1. The van der Waals surface area contributed by atoms with Crippen molar-refractivity contribution < 1.29 is 18.4 Å². The minimum Gasteiger partial charge on any atom is -0.457 e. The lowest BCUT2D eigenvalue weighted by molar-refractivity contribution is -0.129. The molecule has 0 radical (unpaired) electrons. The van der Waals surface area contributed by atoms with E-state index in [0.717, 1.165) is 11.3 Å². The van der Waals surface area contributed by atoms with Crippen molar-refractivity contribution in [1.29, 1.82) is 0 Å². The molecule has 2 heterocycles. The molecular formula is C25H23ClFN3O3. The highest BCUT2D eigenvalue weighted by Crippen LogP contribution is 2.34. The van der Waals surface area contributed by atoms with Gasteiger partial charge in [-0.15, -0.1) is 0 Å². The van der Waals surface area contributed by atoms with Gasteiger partial charge in [-0.2, -0.15) is 0 Å². The highest BCUT2D eigenvalue weighted by atomic mass is 35.5. The number of carbonyl (C=O) groups excluding carboxylic acids is 2. The van der Waals surface area contributed by atoms with Gasteiger partial charge in [0.2, 0.25) is 11.8 Å². The van der Waals surface area contributed by atoms with Crippen LogP contribution in [0.1, 0.15) is 12.7 Å². The van der Waals surface area contributed by atoms with Gasteiger partial charge in [0.05, 0.1) is 16.4 Å². The summed E-state index contributed by atoms with van der Waals surface area (Å²) in [5.41, 5.74) is 2.08. The summed E-state index contributed by atoms with van der Waals surface area (Å²) in [7, 11) is 0. The molecule has 170 valence electrons. The van der Waals surface area contributed by atoms with E-state index in [-0.39, 0.29) is 17.6 Å². The fourth-order valence-electron chi connectivity index (χ4n) is 3.73. The number of nitrogens with zero attached hydrogens (tertiary/aromatic N) is 2. The molecule has 1 aliphatic rings. The van der Waals surface area contributed by atoms with Gasteiger partial charge >= 0.3 is 0 Å². The van der Waals surface area contributed by atoms with Crippen LogP contribution in [0, 0.1) is 5.82 Å². The van der Waals surface area contributed by atoms with E-state index in [9.17, 15) is 14.0 Å². The molecular weight excluding hydrogens is 445 g/mol. The summed E-state index contributed by atoms with van der Waals surface area (Å²) in [6.45, 7) is 4.01. The number of para-hydroxylation sites is 1. The van der Waals surface area contributed by atoms with Crippen LogP contribution in [0.25, 0.3) is 17.4 Å². The van der Waals surface area contributed by atoms with E-state index in [4.69, 9.17) is 16.0 Å². The molecule has 4 rings (SSSR count). The molecule has 1 fully saturated rings. The third-order valence-electron chi connectivity index (χ3n) is 5.44. The number of halogens is 2. The van der Waals surface area contributed by atoms with Gasteiger partial charge < -0.3 is 19.5 Å². The molecule has 1 aromatic heterocycles. The van der Waals surface area contributed by atoms with E-state index >= 15 is 0 Å². The smallest absolute Gasteiger partial charge is 0.248 e. The molecule has 0 unspecified atom stereocenters. The third-order valence-corrected chi connectivity index (χ3v) is 5.75. The highest BCUT2D eigenvalue weighted by Gasteiger charge is 2.22. The largest absolute Gasteiger partial charge is 0.457 e. The summed E-state index contributed by atoms with van der Waals surface area (Å²) in [5.74, 6) is 0.477. The zero-order valence-electron chi connectivity index (χ0n) is 18.1. The molecule has 8 heteroatoms. The standard InChI is InChI=1S/C25H23ClFN3O3/c1-17(31)29-13-15-30(16-14-29)25-21(26)3-2-4-22(25)28-24(32)12-10-20-9-11-23(33-20)18-5-7-19(27)8-6-18/h2-12H,13-16H2,1H3,(H,28,32)/b12-10+. The van der Waals surface area contributed by atoms with Crippen molar-refractivity contribution in [2.24, 2.45) is 0 Å². The molecule has 0 saturated carbocycles. The molecule has 1 aliphatic heterocycles. The van der Waals surface area contributed by atoms with Crippen molar-refractivity contribution in [3.63, 3.8) is 0 Å². The van der Waals surface area contributed by atoms with Gasteiger partial charge in [-0.1, -0.05) is 17.7 Å². The number of amides is 2. The number of hydrogen-bond acceptors (Lipinski definition) is 4. The van der Waals surface area contributed by atoms with Crippen molar-refractivity contribution in [2.75, 3.05) is 36.4 Å². The number of benzene rings is 2. The summed E-state index contributed by atoms with van der Waals surface area (Å²) in [6.07, 6.45) is 2.95. The molecule has 0 atom stereocenters. The number of nitrogens with one attached hydrogen (secondary N) is 1. The van der Waals surface area contributed by atoms with E-state index < -0.39 is 0 Å². The number of anilines is 2. The maximum atomic E-state index is 13.1. The average Bonchev–Trinajstić information content (AvgIpc) is 3.27. The molecule has 0 aliphatic carbocycles. The molecule has 1 saturated heterocycles. The molecule has 33 heavy (non-hydrogen) atoms. The summed E-state index contributed by atoms with van der Waals surface area (Å²) < 4.78 is 18.8. The maximum absolute atomic E-state index is 13.1. The fourth-order valence-corrected chi connectivity index (χ4v) is 4.02. The van der Waals surface area contributed by atoms with Crippen LogP contribution in [0.3, 0.4) is 0 Å². The number of furan rings is 1. The number of carbonyl (C=O) groups is 2. The number of rotatable bonds is 5. The topological polar surface area (TPSA) is 65.8 Å². The van der Waals surface area contributed by atoms with Crippen molar-refractivity contribution in [3.8, 4) is 11.3 Å². The van der Waals surface area contributed by atoms with E-state index in [1.807, 2.05) is 0 Å². The SMILES string of the molecule is CC(=O)N1CCN(c2c(Cl)cccc2NC(=O)/C=C/c2ccc(-c3ccc(F)cc3)o2)CC1. The lowest BCUT2D eigenvalue weighted by atomic mass is 10.2. The Balaban J connectivity index is 1.44. The monoisotopic (exact) mass is 467 g/mol. The van der Waals surface area contributed by atoms with Crippen molar-refractivity contribution in [2.45, 2.75) is 6.92 Å². The first-order chi connectivity index (χ1) is 15.9. The summed E-state index contributed by atoms with van der Waals surface area (Å²) in [4.78, 5) is 28.1. The molecule has 6 nitrogen and oxygen atoms in total. The van der Waals surface area contributed by atoms with Crippen LogP contribution in [-0.2, 0) is 9.59 Å². The maximum Gasteiger partial charge on any atom is 0.248 e. The van der Waals surface area contributed by atoms with Crippen LogP contribution >= 0.6 is 11.6 Å². The third kappa shape index (κ3) is 5.43. The lowest BCUT2D eigenvalue weighted by Gasteiger charge is -2.36. The summed E-state index contributed by atoms with van der Waals surface area (Å²) in [6, 6.07) is 14.8. The minimum absolute atomic E-state index is 0.0491. The second-order valence-corrected chi connectivity index (χ2v) is 8.07. The van der Waals surface area contributed by atoms with Crippen LogP contribution in [-0.4, -0.2) is 42.9 Å². The molecule has 3 aromatic rings. The van der Waals surface area contributed by atoms with Crippen LogP contribution in [0.15, 0.2) is 65.1 Å². The van der Waals surface area contributed by atoms with E-state index in [1.165, 1.54) is 18.2 Å². The minimum atomic E-state index is -0.333. The summed E-state index contributed by atoms with van der Waals surface area (Å²) >= 11 is 6.46. The van der Waals surface area contributed by atoms with E-state index in [1.54, 1.807) is 60.4 Å². The second kappa shape index (κ2) is 9.92. The molecule has 1 N–H and O–H groups in total. The Morgan fingerprint density at radius 1 is 1.03 bits per heavy atom. The zero-order chi connectivity index (χ0) is 23.4. The Hall–Kier alpha value is -3.58.